The van der Waals surface area contributed by atoms with Crippen molar-refractivity contribution in [2.75, 3.05) is 26.3 Å². The van der Waals surface area contributed by atoms with Crippen molar-refractivity contribution in [1.82, 2.24) is 14.9 Å². The van der Waals surface area contributed by atoms with Crippen LogP contribution in [0, 0.1) is 5.92 Å². The van der Waals surface area contributed by atoms with Crippen molar-refractivity contribution in [2.24, 2.45) is 5.92 Å². The SMILES string of the molecule is c1cncc(COCCC2CCOC3(C2)CN(Cc2cccnc2)C3)c1. The number of likely N-dealkylation sites (tertiary alicyclic amines) is 1. The van der Waals surface area contributed by atoms with Gasteiger partial charge < -0.3 is 9.47 Å². The normalized spacial score (nSPS) is 22.2. The quantitative estimate of drug-likeness (QED) is 0.716. The number of aromatic nitrogens is 2. The number of nitrogens with zero attached hydrogens (tertiary/aromatic N) is 3. The first-order valence-electron chi connectivity index (χ1n) is 9.53. The summed E-state index contributed by atoms with van der Waals surface area (Å²) in [6, 6.07) is 8.15. The molecule has 5 nitrogen and oxygen atoms in total. The Labute approximate surface area is 155 Å². The highest BCUT2D eigenvalue weighted by Gasteiger charge is 2.47. The highest BCUT2D eigenvalue weighted by molar-refractivity contribution is 5.11. The van der Waals surface area contributed by atoms with Crippen LogP contribution in [0.5, 0.6) is 0 Å². The van der Waals surface area contributed by atoms with Crippen LogP contribution in [-0.4, -0.2) is 46.8 Å². The average Bonchev–Trinajstić information content (AvgIpc) is 2.66. The molecule has 0 amide bonds. The Kier molecular flexibility index (Phi) is 5.58. The smallest absolute Gasteiger partial charge is 0.0937 e. The van der Waals surface area contributed by atoms with Gasteiger partial charge in [0, 0.05) is 57.6 Å². The Morgan fingerprint density at radius 2 is 1.88 bits per heavy atom. The molecule has 0 radical (unpaired) electrons. The van der Waals surface area contributed by atoms with E-state index in [4.69, 9.17) is 9.47 Å². The Hall–Kier alpha value is -1.82. The van der Waals surface area contributed by atoms with Gasteiger partial charge in [0.1, 0.15) is 0 Å². The predicted octanol–water partition coefficient (Wildman–Crippen LogP) is 3.06. The minimum absolute atomic E-state index is 0.0779. The van der Waals surface area contributed by atoms with E-state index < -0.39 is 0 Å². The number of hydrogen-bond acceptors (Lipinski definition) is 5. The Morgan fingerprint density at radius 3 is 2.62 bits per heavy atom. The van der Waals surface area contributed by atoms with Gasteiger partial charge in [0.05, 0.1) is 12.2 Å². The van der Waals surface area contributed by atoms with Crippen molar-refractivity contribution in [2.45, 2.75) is 38.0 Å². The lowest BCUT2D eigenvalue weighted by atomic mass is 9.79. The number of hydrogen-bond donors (Lipinski definition) is 0. The molecule has 2 aliphatic rings. The molecule has 26 heavy (non-hydrogen) atoms. The van der Waals surface area contributed by atoms with E-state index >= 15 is 0 Å². The monoisotopic (exact) mass is 353 g/mol. The molecule has 0 aliphatic carbocycles. The average molecular weight is 353 g/mol. The summed E-state index contributed by atoms with van der Waals surface area (Å²) in [4.78, 5) is 10.8. The third kappa shape index (κ3) is 4.47. The molecule has 2 aromatic rings. The first kappa shape index (κ1) is 17.6. The van der Waals surface area contributed by atoms with Crippen LogP contribution in [0.1, 0.15) is 30.4 Å². The van der Waals surface area contributed by atoms with Gasteiger partial charge in [-0.15, -0.1) is 0 Å². The van der Waals surface area contributed by atoms with Crippen LogP contribution in [0.2, 0.25) is 0 Å². The van der Waals surface area contributed by atoms with Gasteiger partial charge in [-0.3, -0.25) is 14.9 Å². The molecule has 4 heterocycles. The first-order chi connectivity index (χ1) is 12.8. The third-order valence-corrected chi connectivity index (χ3v) is 5.41. The fourth-order valence-corrected chi connectivity index (χ4v) is 4.15. The Balaban J connectivity index is 1.18. The van der Waals surface area contributed by atoms with Crippen molar-refractivity contribution in [3.8, 4) is 0 Å². The third-order valence-electron chi connectivity index (χ3n) is 5.41. The Morgan fingerprint density at radius 1 is 1.12 bits per heavy atom. The van der Waals surface area contributed by atoms with Gasteiger partial charge in [-0.1, -0.05) is 12.1 Å². The molecule has 1 unspecified atom stereocenters. The molecule has 1 atom stereocenters. The summed E-state index contributed by atoms with van der Waals surface area (Å²) in [5.74, 6) is 0.707. The fraction of sp³-hybridized carbons (Fsp3) is 0.524. The molecule has 1 spiro atoms. The van der Waals surface area contributed by atoms with Gasteiger partial charge in [-0.2, -0.15) is 0 Å². The second-order valence-corrected chi connectivity index (χ2v) is 7.60. The van der Waals surface area contributed by atoms with Crippen LogP contribution in [-0.2, 0) is 22.6 Å². The summed E-state index contributed by atoms with van der Waals surface area (Å²) in [6.45, 7) is 5.39. The van der Waals surface area contributed by atoms with E-state index in [0.29, 0.717) is 12.5 Å². The van der Waals surface area contributed by atoms with E-state index in [9.17, 15) is 0 Å². The van der Waals surface area contributed by atoms with Gasteiger partial charge in [-0.05, 0) is 48.4 Å². The molecule has 2 aromatic heterocycles. The maximum atomic E-state index is 6.17. The van der Waals surface area contributed by atoms with Crippen molar-refractivity contribution >= 4 is 0 Å². The number of pyridine rings is 2. The molecular weight excluding hydrogens is 326 g/mol. The molecule has 0 aromatic carbocycles. The largest absolute Gasteiger partial charge is 0.377 e. The molecule has 0 bridgehead atoms. The van der Waals surface area contributed by atoms with E-state index in [2.05, 4.69) is 27.0 Å². The highest BCUT2D eigenvalue weighted by Crippen LogP contribution is 2.38. The van der Waals surface area contributed by atoms with Gasteiger partial charge in [0.2, 0.25) is 0 Å². The van der Waals surface area contributed by atoms with E-state index in [1.165, 1.54) is 5.56 Å². The molecule has 2 fully saturated rings. The van der Waals surface area contributed by atoms with Gasteiger partial charge in [-0.25, -0.2) is 0 Å². The lowest BCUT2D eigenvalue weighted by molar-refractivity contribution is -0.182. The summed E-state index contributed by atoms with van der Waals surface area (Å²) in [6.07, 6.45) is 10.9. The van der Waals surface area contributed by atoms with E-state index in [-0.39, 0.29) is 5.60 Å². The van der Waals surface area contributed by atoms with E-state index in [0.717, 1.165) is 57.7 Å². The molecule has 5 heteroatoms. The maximum absolute atomic E-state index is 6.17. The zero-order chi connectivity index (χ0) is 17.7. The van der Waals surface area contributed by atoms with E-state index in [1.54, 1.807) is 6.20 Å². The summed E-state index contributed by atoms with van der Waals surface area (Å²) < 4.78 is 12.0. The molecule has 4 rings (SSSR count). The summed E-state index contributed by atoms with van der Waals surface area (Å²) >= 11 is 0. The van der Waals surface area contributed by atoms with Crippen LogP contribution < -0.4 is 0 Å². The van der Waals surface area contributed by atoms with Crippen LogP contribution in [0.25, 0.3) is 0 Å². The standard InChI is InChI=1S/C21H27N3O2/c1-3-19(12-22-7-1)14-24-16-21(17-24)11-18(6-10-26-21)5-9-25-15-20-4-2-8-23-13-20/h1-4,7-8,12-13,18H,5-6,9-11,14-17H2. The maximum Gasteiger partial charge on any atom is 0.0937 e. The Bertz CT molecular complexity index is 674. The summed E-state index contributed by atoms with van der Waals surface area (Å²) in [7, 11) is 0. The molecule has 2 aliphatic heterocycles. The zero-order valence-corrected chi connectivity index (χ0v) is 15.2. The minimum Gasteiger partial charge on any atom is -0.377 e. The lowest BCUT2D eigenvalue weighted by Crippen LogP contribution is -2.64. The van der Waals surface area contributed by atoms with Crippen molar-refractivity contribution < 1.29 is 9.47 Å². The second kappa shape index (κ2) is 8.25. The van der Waals surface area contributed by atoms with E-state index in [1.807, 2.05) is 30.7 Å². The molecule has 2 saturated heterocycles. The molecule has 138 valence electrons. The topological polar surface area (TPSA) is 47.5 Å². The van der Waals surface area contributed by atoms with Crippen molar-refractivity contribution in [3.05, 3.63) is 60.2 Å². The predicted molar refractivity (Wildman–Crippen MR) is 99.4 cm³/mol. The zero-order valence-electron chi connectivity index (χ0n) is 15.2. The van der Waals surface area contributed by atoms with Gasteiger partial charge in [0.15, 0.2) is 0 Å². The van der Waals surface area contributed by atoms with Gasteiger partial charge >= 0.3 is 0 Å². The fourth-order valence-electron chi connectivity index (χ4n) is 4.15. The minimum atomic E-state index is 0.0779. The lowest BCUT2D eigenvalue weighted by Gasteiger charge is -2.53. The summed E-state index contributed by atoms with van der Waals surface area (Å²) in [5.41, 5.74) is 2.49. The van der Waals surface area contributed by atoms with Crippen LogP contribution in [0.4, 0.5) is 0 Å². The first-order valence-corrected chi connectivity index (χ1v) is 9.53. The highest BCUT2D eigenvalue weighted by atomic mass is 16.5. The molecule has 0 saturated carbocycles. The van der Waals surface area contributed by atoms with Crippen LogP contribution >= 0.6 is 0 Å². The number of ether oxygens (including phenoxy) is 2. The van der Waals surface area contributed by atoms with Crippen LogP contribution in [0.15, 0.2) is 49.1 Å². The number of rotatable bonds is 7. The molecular formula is C21H27N3O2. The molecule has 0 N–H and O–H groups in total. The summed E-state index contributed by atoms with van der Waals surface area (Å²) in [5, 5.41) is 0. The van der Waals surface area contributed by atoms with Crippen LogP contribution in [0.3, 0.4) is 0 Å². The van der Waals surface area contributed by atoms with Crippen molar-refractivity contribution in [1.29, 1.82) is 0 Å². The van der Waals surface area contributed by atoms with Crippen molar-refractivity contribution in [3.63, 3.8) is 0 Å². The van der Waals surface area contributed by atoms with Gasteiger partial charge in [0.25, 0.3) is 0 Å². The second-order valence-electron chi connectivity index (χ2n) is 7.60.